The van der Waals surface area contributed by atoms with Gasteiger partial charge in [0.05, 0.1) is 22.8 Å². The minimum Gasteiger partial charge on any atom is -0.481 e. The number of hydrogen-bond donors (Lipinski definition) is 1. The largest absolute Gasteiger partial charge is 0.573 e. The number of hydrazone groups is 1. The second kappa shape index (κ2) is 9.01. The van der Waals surface area contributed by atoms with E-state index in [1.54, 1.807) is 24.4 Å². The van der Waals surface area contributed by atoms with Crippen molar-refractivity contribution in [3.05, 3.63) is 53.1 Å². The van der Waals surface area contributed by atoms with Gasteiger partial charge in [0.15, 0.2) is 6.21 Å². The van der Waals surface area contributed by atoms with E-state index in [9.17, 15) is 26.4 Å². The van der Waals surface area contributed by atoms with E-state index < -0.39 is 28.1 Å². The molecule has 2 aliphatic heterocycles. The van der Waals surface area contributed by atoms with Gasteiger partial charge in [-0.15, -0.1) is 13.2 Å². The highest BCUT2D eigenvalue weighted by Crippen LogP contribution is 2.32. The summed E-state index contributed by atoms with van der Waals surface area (Å²) in [5, 5.41) is 14.0. The summed E-state index contributed by atoms with van der Waals surface area (Å²) >= 11 is 6.09. The van der Waals surface area contributed by atoms with E-state index in [-0.39, 0.29) is 30.3 Å². The maximum atomic E-state index is 13.0. The Kier molecular flexibility index (Phi) is 6.40. The van der Waals surface area contributed by atoms with Gasteiger partial charge in [-0.1, -0.05) is 16.3 Å². The third kappa shape index (κ3) is 5.24. The van der Waals surface area contributed by atoms with Crippen LogP contribution in [0.3, 0.4) is 0 Å². The number of benzene rings is 2. The second-order valence-corrected chi connectivity index (χ2v) is 10.1. The Hall–Kier alpha value is -2.96. The average Bonchev–Trinajstić information content (AvgIpc) is 3.33. The quantitative estimate of drug-likeness (QED) is 0.588. The molecule has 1 N–H and O–H groups in total. The lowest BCUT2D eigenvalue weighted by Crippen LogP contribution is -2.29. The number of fused-ring (bicyclic) bond motifs is 1. The number of carboxylic acid groups (broad SMARTS) is 1. The maximum absolute atomic E-state index is 13.0. The summed E-state index contributed by atoms with van der Waals surface area (Å²) in [7, 11) is -3.94. The lowest BCUT2D eigenvalue weighted by Gasteiger charge is -2.16. The van der Waals surface area contributed by atoms with Gasteiger partial charge in [0.25, 0.3) is 0 Å². The molecule has 0 aliphatic carbocycles. The topological polar surface area (TPSA) is 99.3 Å². The molecular weight excluding hydrogens is 499 g/mol. The fraction of sp³-hybridized carbons (Fsp3) is 0.286. The van der Waals surface area contributed by atoms with E-state index in [0.717, 1.165) is 24.3 Å². The SMILES string of the molecule is O=C(O)CC1=N/[N+](=C/C2CCN(S(=O)(=O)c3ccc(OC(F)(F)F)cc3)C2)c2cc(Cl)ccc21. The third-order valence-electron chi connectivity index (χ3n) is 5.30. The standard InChI is InChI=1S/C21H17ClF3N3O5S/c22-14-1-6-17-18(10-20(29)30)26-28(19(17)9-14)12-13-7-8-27(11-13)34(31,32)16-4-2-15(3-5-16)33-21(23,24)25/h1-6,9,12-13H,7-8,10-11H2/p+1/b28-12+. The molecule has 0 saturated carbocycles. The molecule has 1 fully saturated rings. The third-order valence-corrected chi connectivity index (χ3v) is 7.41. The molecule has 2 aliphatic rings. The molecule has 13 heteroatoms. The molecule has 4 rings (SSSR count). The highest BCUT2D eigenvalue weighted by atomic mass is 35.5. The van der Waals surface area contributed by atoms with Crippen LogP contribution < -0.4 is 4.74 Å². The fourth-order valence-electron chi connectivity index (χ4n) is 3.82. The fourth-order valence-corrected chi connectivity index (χ4v) is 5.50. The van der Waals surface area contributed by atoms with E-state index in [1.165, 1.54) is 8.99 Å². The van der Waals surface area contributed by atoms with Gasteiger partial charge in [-0.25, -0.2) is 8.42 Å². The van der Waals surface area contributed by atoms with Gasteiger partial charge in [-0.3, -0.25) is 4.79 Å². The summed E-state index contributed by atoms with van der Waals surface area (Å²) in [6.07, 6.45) is -2.95. The van der Waals surface area contributed by atoms with Crippen molar-refractivity contribution in [2.45, 2.75) is 24.1 Å². The van der Waals surface area contributed by atoms with E-state index in [1.807, 2.05) is 0 Å². The summed E-state index contributed by atoms with van der Waals surface area (Å²) in [6.45, 7) is 0.325. The normalized spacial score (nSPS) is 19.8. The molecule has 180 valence electrons. The molecule has 2 aromatic carbocycles. The van der Waals surface area contributed by atoms with Gasteiger partial charge in [0.1, 0.15) is 11.5 Å². The van der Waals surface area contributed by atoms with Crippen molar-refractivity contribution < 1.29 is 40.9 Å². The van der Waals surface area contributed by atoms with Crippen molar-refractivity contribution in [1.29, 1.82) is 0 Å². The number of nitrogens with zero attached hydrogens (tertiary/aromatic N) is 3. The van der Waals surface area contributed by atoms with Gasteiger partial charge in [-0.2, -0.15) is 4.31 Å². The monoisotopic (exact) mass is 516 g/mol. The molecule has 2 heterocycles. The summed E-state index contributed by atoms with van der Waals surface area (Å²) in [4.78, 5) is 11.0. The highest BCUT2D eigenvalue weighted by Gasteiger charge is 2.37. The zero-order valence-electron chi connectivity index (χ0n) is 17.4. The van der Waals surface area contributed by atoms with Crippen molar-refractivity contribution in [1.82, 2.24) is 4.31 Å². The molecule has 0 bridgehead atoms. The maximum Gasteiger partial charge on any atom is 0.573 e. The minimum absolute atomic E-state index is 0.124. The van der Waals surface area contributed by atoms with Crippen LogP contribution in [0.15, 0.2) is 52.5 Å². The van der Waals surface area contributed by atoms with Crippen LogP contribution in [0.5, 0.6) is 5.75 Å². The Morgan fingerprint density at radius 1 is 1.26 bits per heavy atom. The van der Waals surface area contributed by atoms with Crippen LogP contribution >= 0.6 is 11.6 Å². The number of carbonyl (C=O) groups is 1. The van der Waals surface area contributed by atoms with Gasteiger partial charge >= 0.3 is 12.3 Å². The van der Waals surface area contributed by atoms with Gasteiger partial charge < -0.3 is 9.84 Å². The van der Waals surface area contributed by atoms with E-state index in [4.69, 9.17) is 16.7 Å². The molecular formula is C21H18ClF3N3O5S+. The number of sulfonamides is 1. The van der Waals surface area contributed by atoms with E-state index in [0.29, 0.717) is 28.4 Å². The van der Waals surface area contributed by atoms with Crippen LogP contribution in [-0.4, -0.2) is 59.9 Å². The van der Waals surface area contributed by atoms with Crippen LogP contribution in [-0.2, 0) is 14.8 Å². The van der Waals surface area contributed by atoms with Crippen LogP contribution in [0, 0.1) is 5.92 Å². The molecule has 8 nitrogen and oxygen atoms in total. The van der Waals surface area contributed by atoms with Crippen LogP contribution in [0.2, 0.25) is 5.02 Å². The molecule has 0 spiro atoms. The smallest absolute Gasteiger partial charge is 0.481 e. The van der Waals surface area contributed by atoms with Crippen molar-refractivity contribution in [2.24, 2.45) is 11.0 Å². The van der Waals surface area contributed by atoms with Gasteiger partial charge in [-0.05, 0) is 42.8 Å². The number of halogens is 4. The zero-order chi connectivity index (χ0) is 24.7. The molecule has 0 amide bonds. The molecule has 1 saturated heterocycles. The zero-order valence-corrected chi connectivity index (χ0v) is 18.9. The van der Waals surface area contributed by atoms with Gasteiger partial charge in [0.2, 0.25) is 15.7 Å². The number of hydrogen-bond acceptors (Lipinski definition) is 5. The Morgan fingerprint density at radius 2 is 1.97 bits per heavy atom. The van der Waals surface area contributed by atoms with E-state index in [2.05, 4.69) is 9.84 Å². The molecule has 0 aromatic heterocycles. The Bertz CT molecular complexity index is 1290. The minimum atomic E-state index is -4.87. The summed E-state index contributed by atoms with van der Waals surface area (Å²) in [5.74, 6) is -1.78. The first-order chi connectivity index (χ1) is 15.9. The number of carboxylic acids is 1. The number of aliphatic carboxylic acids is 1. The molecule has 1 atom stereocenters. The molecule has 0 radical (unpaired) electrons. The number of rotatable bonds is 6. The Balaban J connectivity index is 1.53. The van der Waals surface area contributed by atoms with E-state index >= 15 is 0 Å². The number of ether oxygens (including phenoxy) is 1. The highest BCUT2D eigenvalue weighted by molar-refractivity contribution is 7.89. The van der Waals surface area contributed by atoms with Crippen molar-refractivity contribution in [3.8, 4) is 5.75 Å². The molecule has 1 unspecified atom stereocenters. The van der Waals surface area contributed by atoms with Crippen LogP contribution in [0.25, 0.3) is 0 Å². The van der Waals surface area contributed by atoms with Crippen LogP contribution in [0.1, 0.15) is 18.4 Å². The first-order valence-electron chi connectivity index (χ1n) is 10.0. The summed E-state index contributed by atoms with van der Waals surface area (Å²) in [5.41, 5.74) is 1.59. The predicted molar refractivity (Wildman–Crippen MR) is 116 cm³/mol. The first kappa shape index (κ1) is 24.2. The first-order valence-corrected chi connectivity index (χ1v) is 11.8. The summed E-state index contributed by atoms with van der Waals surface area (Å²) < 4.78 is 69.4. The van der Waals surface area contributed by atoms with Crippen molar-refractivity contribution in [3.63, 3.8) is 0 Å². The second-order valence-electron chi connectivity index (χ2n) is 7.70. The Morgan fingerprint density at radius 3 is 2.62 bits per heavy atom. The number of alkyl halides is 3. The summed E-state index contributed by atoms with van der Waals surface area (Å²) in [6, 6.07) is 9.00. The van der Waals surface area contributed by atoms with Crippen molar-refractivity contribution >= 4 is 45.2 Å². The lowest BCUT2D eigenvalue weighted by molar-refractivity contribution is -0.438. The molecule has 2 aromatic rings. The van der Waals surface area contributed by atoms with Crippen LogP contribution in [0.4, 0.5) is 18.9 Å². The molecule has 34 heavy (non-hydrogen) atoms. The van der Waals surface area contributed by atoms with Crippen molar-refractivity contribution in [2.75, 3.05) is 13.1 Å². The average molecular weight is 517 g/mol. The van der Waals surface area contributed by atoms with Gasteiger partial charge in [0, 0.05) is 29.3 Å². The predicted octanol–water partition coefficient (Wildman–Crippen LogP) is 3.86. The Labute approximate surface area is 197 Å². The lowest BCUT2D eigenvalue weighted by atomic mass is 10.1.